The van der Waals surface area contributed by atoms with Crippen LogP contribution in [0.4, 0.5) is 11.4 Å². The number of methoxy groups -OCH3 is 1. The summed E-state index contributed by atoms with van der Waals surface area (Å²) in [6.45, 7) is 8.26. The molecule has 7 rings (SSSR count). The van der Waals surface area contributed by atoms with Crippen LogP contribution < -0.4 is 4.90 Å². The zero-order chi connectivity index (χ0) is 66.7. The molecule has 0 bridgehead atoms. The van der Waals surface area contributed by atoms with Crippen molar-refractivity contribution in [2.75, 3.05) is 117 Å². The molecule has 3 heterocycles. The first-order chi connectivity index (χ1) is 42.7. The molecular formula is C57H72N3O26S5+. The second-order valence-corrected chi connectivity index (χ2v) is 28.8. The number of ether oxygens (including phenoxy) is 7. The van der Waals surface area contributed by atoms with Crippen LogP contribution in [-0.2, 0) is 114 Å². The highest BCUT2D eigenvalue weighted by Crippen LogP contribution is 2.52. The summed E-state index contributed by atoms with van der Waals surface area (Å²) < 4.78 is 217. The lowest BCUT2D eigenvalue weighted by Gasteiger charge is -2.27. The fourth-order valence-electron chi connectivity index (χ4n) is 11.1. The molecule has 0 radical (unpaired) electrons. The van der Waals surface area contributed by atoms with Crippen LogP contribution in [0.3, 0.4) is 0 Å². The maximum absolute atomic E-state index is 12.8. The summed E-state index contributed by atoms with van der Waals surface area (Å²) in [7, 11) is -23.3. The van der Waals surface area contributed by atoms with E-state index < -0.39 is 105 Å². The van der Waals surface area contributed by atoms with Crippen molar-refractivity contribution < 1.29 is 122 Å². The lowest BCUT2D eigenvalue weighted by Crippen LogP contribution is -2.32. The number of carbonyl (C=O) groups excluding carboxylic acids is 3. The zero-order valence-electron chi connectivity index (χ0n) is 50.0. The van der Waals surface area contributed by atoms with E-state index in [1.807, 2.05) is 4.90 Å². The van der Waals surface area contributed by atoms with Crippen molar-refractivity contribution >= 4 is 107 Å². The first-order valence-electron chi connectivity index (χ1n) is 28.3. The molecule has 0 spiro atoms. The Bertz CT molecular complexity index is 4110. The zero-order valence-corrected chi connectivity index (χ0v) is 54.1. The lowest BCUT2D eigenvalue weighted by atomic mass is 9.74. The maximum atomic E-state index is 12.8. The molecule has 34 heteroatoms. The summed E-state index contributed by atoms with van der Waals surface area (Å²) >= 11 is 0. The van der Waals surface area contributed by atoms with Crippen LogP contribution in [0.5, 0.6) is 0 Å². The quantitative estimate of drug-likeness (QED) is 0.0137. The standard InChI is InChI=1S/C57H71N3O26S5/c1-56(2)49(9-6-5-7-10-50-57(3,18-8-34-87(64,65)66)55-44-36-40(89(70,71)72)38-48(91(76,77)78)42(44)12-14-46(55)59(50)19-22-79-4)58(45-13-11-41-43(54(45)56)35-39(88(67,68)69)37-47(41)90(73,74)75)20-23-81-25-27-83-29-31-85-33-32-84-30-28-82-26-24-80-21-17-53(63)86-60-51(61)15-16-52(60)62/h5-7,9-14,35-38H,8,15-34H2,1-4H3,(H4-,64,65,66,67,68,69,70,71,72,73,74,75,76,77,78)/p+1. The Balaban J connectivity index is 1.03. The topological polar surface area (TPSA) is 406 Å². The summed E-state index contributed by atoms with van der Waals surface area (Å²) in [5.74, 6) is -2.57. The number of hydroxylamine groups is 2. The largest absolute Gasteiger partial charge is 0.378 e. The predicted molar refractivity (Wildman–Crippen MR) is 325 cm³/mol. The molecule has 3 aliphatic heterocycles. The summed E-state index contributed by atoms with van der Waals surface area (Å²) in [6, 6.07) is 9.38. The molecule has 0 aromatic heterocycles. The molecule has 5 N–H and O–H groups in total. The van der Waals surface area contributed by atoms with Gasteiger partial charge in [-0.05, 0) is 78.6 Å². The Hall–Kier alpha value is -6.03. The van der Waals surface area contributed by atoms with E-state index in [1.54, 1.807) is 67.9 Å². The number of rotatable bonds is 36. The molecule has 4 aromatic rings. The molecule has 4 aromatic carbocycles. The molecule has 91 heavy (non-hydrogen) atoms. The third kappa shape index (κ3) is 18.2. The number of amides is 2. The number of imide groups is 1. The third-order valence-corrected chi connectivity index (χ3v) is 19.3. The molecule has 500 valence electrons. The first kappa shape index (κ1) is 72.4. The second-order valence-electron chi connectivity index (χ2n) is 21.6. The van der Waals surface area contributed by atoms with E-state index in [2.05, 4.69) is 0 Å². The minimum absolute atomic E-state index is 0.00268. The van der Waals surface area contributed by atoms with Crippen LogP contribution >= 0.6 is 0 Å². The van der Waals surface area contributed by atoms with Crippen LogP contribution in [0.2, 0.25) is 0 Å². The van der Waals surface area contributed by atoms with Crippen LogP contribution in [0.1, 0.15) is 64.0 Å². The van der Waals surface area contributed by atoms with Gasteiger partial charge in [-0.2, -0.15) is 46.7 Å². The van der Waals surface area contributed by atoms with Crippen molar-refractivity contribution in [3.05, 3.63) is 95.7 Å². The van der Waals surface area contributed by atoms with Crippen molar-refractivity contribution in [2.45, 2.75) is 83.3 Å². The van der Waals surface area contributed by atoms with Gasteiger partial charge in [-0.3, -0.25) is 32.4 Å². The van der Waals surface area contributed by atoms with Gasteiger partial charge in [-0.15, -0.1) is 5.06 Å². The minimum atomic E-state index is -5.12. The number of anilines is 1. The Labute approximate surface area is 526 Å². The number of nitrogens with zero attached hydrogens (tertiary/aromatic N) is 3. The molecule has 0 aliphatic carbocycles. The van der Waals surface area contributed by atoms with Gasteiger partial charge < -0.3 is 42.9 Å². The SMILES string of the molecule is COCC[N+]1=C(/C=C/C=C/C=C2/N(CCOCCOCCOCCOCCOCCOCCC(=O)ON3C(=O)CCC3=O)c3ccc4c(S(=O)(=O)O)cc(S(=O)(=O)O)cc4c3C2(C)C)C(C)(CCCS(=O)(=O)O)c2c1ccc1c(S(=O)(=O)O)cc(S(=O)(=O)O)cc21. The van der Waals surface area contributed by atoms with Crippen molar-refractivity contribution in [2.24, 2.45) is 0 Å². The van der Waals surface area contributed by atoms with Gasteiger partial charge in [0.2, 0.25) is 5.69 Å². The van der Waals surface area contributed by atoms with E-state index in [9.17, 15) is 79.2 Å². The monoisotopic (exact) mass is 1370 g/mol. The predicted octanol–water partition coefficient (Wildman–Crippen LogP) is 4.54. The van der Waals surface area contributed by atoms with E-state index in [0.717, 1.165) is 12.1 Å². The molecule has 2 amide bonds. The number of allylic oxidation sites excluding steroid dienone is 6. The molecule has 3 aliphatic rings. The van der Waals surface area contributed by atoms with Crippen molar-refractivity contribution in [3.63, 3.8) is 0 Å². The third-order valence-electron chi connectivity index (χ3n) is 15.1. The fraction of sp³-hybridized carbons (Fsp3) is 0.474. The van der Waals surface area contributed by atoms with E-state index in [4.69, 9.17) is 38.0 Å². The van der Waals surface area contributed by atoms with E-state index in [1.165, 1.54) is 19.2 Å². The van der Waals surface area contributed by atoms with Gasteiger partial charge >= 0.3 is 5.97 Å². The normalized spacial score (nSPS) is 17.7. The first-order valence-corrected chi connectivity index (χ1v) is 35.6. The summed E-state index contributed by atoms with van der Waals surface area (Å²) in [4.78, 5) is 38.4. The van der Waals surface area contributed by atoms with E-state index >= 15 is 0 Å². The Morgan fingerprint density at radius 1 is 0.582 bits per heavy atom. The molecular weight excluding hydrogens is 1300 g/mol. The van der Waals surface area contributed by atoms with E-state index in [0.29, 0.717) is 51.1 Å². The van der Waals surface area contributed by atoms with Crippen LogP contribution in [0, 0.1) is 0 Å². The average molecular weight is 1380 g/mol. The van der Waals surface area contributed by atoms with Crippen LogP contribution in [0.15, 0.2) is 104 Å². The van der Waals surface area contributed by atoms with Gasteiger partial charge in [0, 0.05) is 71.8 Å². The summed E-state index contributed by atoms with van der Waals surface area (Å²) in [5.41, 5.74) is 0.350. The number of carbonyl (C=O) groups is 3. The van der Waals surface area contributed by atoms with E-state index in [-0.39, 0.29) is 153 Å². The van der Waals surface area contributed by atoms with Gasteiger partial charge in [0.15, 0.2) is 12.3 Å². The van der Waals surface area contributed by atoms with Gasteiger partial charge in [0.05, 0.1) is 107 Å². The van der Waals surface area contributed by atoms with Gasteiger partial charge in [0.25, 0.3) is 62.4 Å². The number of hydrogen-bond donors (Lipinski definition) is 5. The molecule has 29 nitrogen and oxygen atoms in total. The molecule has 1 saturated heterocycles. The van der Waals surface area contributed by atoms with Gasteiger partial charge in [-0.25, -0.2) is 4.79 Å². The highest BCUT2D eigenvalue weighted by Gasteiger charge is 2.49. The molecule has 1 fully saturated rings. The van der Waals surface area contributed by atoms with Crippen molar-refractivity contribution in [1.82, 2.24) is 5.06 Å². The van der Waals surface area contributed by atoms with Crippen LogP contribution in [-0.4, -0.2) is 210 Å². The lowest BCUT2D eigenvalue weighted by molar-refractivity contribution is -0.441. The smallest absolute Gasteiger partial charge is 0.335 e. The van der Waals surface area contributed by atoms with Crippen molar-refractivity contribution in [3.8, 4) is 0 Å². The van der Waals surface area contributed by atoms with Crippen LogP contribution in [0.25, 0.3) is 21.5 Å². The average Bonchev–Trinajstić information content (AvgIpc) is 1.65. The van der Waals surface area contributed by atoms with Gasteiger partial charge in [0.1, 0.15) is 16.4 Å². The molecule has 1 unspecified atom stereocenters. The summed E-state index contributed by atoms with van der Waals surface area (Å²) in [6.07, 6.45) is 8.06. The maximum Gasteiger partial charge on any atom is 0.335 e. The number of benzene rings is 4. The second kappa shape index (κ2) is 30.4. The highest BCUT2D eigenvalue weighted by molar-refractivity contribution is 7.87. The summed E-state index contributed by atoms with van der Waals surface area (Å²) in [5, 5.41) is 0.417. The molecule has 1 atom stereocenters. The van der Waals surface area contributed by atoms with Crippen molar-refractivity contribution in [1.29, 1.82) is 0 Å². The Kier molecular flexibility index (Phi) is 24.2. The highest BCUT2D eigenvalue weighted by atomic mass is 32.2. The number of hydrogen-bond acceptors (Lipinski definition) is 22. The molecule has 0 saturated carbocycles. The minimum Gasteiger partial charge on any atom is -0.378 e. The number of fused-ring (bicyclic) bond motifs is 6. The fourth-order valence-corrected chi connectivity index (χ4v) is 14.3. The Morgan fingerprint density at radius 2 is 1.07 bits per heavy atom. The Morgan fingerprint density at radius 3 is 1.55 bits per heavy atom. The van der Waals surface area contributed by atoms with Gasteiger partial charge in [-0.1, -0.05) is 38.1 Å².